The van der Waals surface area contributed by atoms with Crippen molar-refractivity contribution in [3.63, 3.8) is 0 Å². The summed E-state index contributed by atoms with van der Waals surface area (Å²) in [5.41, 5.74) is 0.900. The summed E-state index contributed by atoms with van der Waals surface area (Å²) < 4.78 is 26.4. The zero-order valence-electron chi connectivity index (χ0n) is 13.1. The van der Waals surface area contributed by atoms with Crippen molar-refractivity contribution in [1.82, 2.24) is 14.9 Å². The lowest BCUT2D eigenvalue weighted by atomic mass is 10.2. The van der Waals surface area contributed by atoms with Crippen LogP contribution in [0.25, 0.3) is 0 Å². The Morgan fingerprint density at radius 2 is 1.87 bits per heavy atom. The molecule has 0 aliphatic carbocycles. The molecule has 0 bridgehead atoms. The Kier molecular flexibility index (Phi) is 4.99. The molecular weight excluding hydrogens is 314 g/mol. The Bertz CT molecular complexity index is 646. The van der Waals surface area contributed by atoms with Crippen LogP contribution in [0.1, 0.15) is 31.2 Å². The fraction of sp³-hybridized carbons (Fsp3) is 0.562. The first kappa shape index (κ1) is 16.4. The molecular formula is C16H23N3O3S. The number of carbonyl (C=O) groups is 1. The molecule has 0 aromatic heterocycles. The average Bonchev–Trinajstić information content (AvgIpc) is 3.25. The molecule has 2 fully saturated rings. The Labute approximate surface area is 137 Å². The van der Waals surface area contributed by atoms with Gasteiger partial charge in [0.05, 0.1) is 10.9 Å². The predicted octanol–water partition coefficient (Wildman–Crippen LogP) is 0.839. The summed E-state index contributed by atoms with van der Waals surface area (Å²) in [5.74, 6) is 0.0104. The van der Waals surface area contributed by atoms with Gasteiger partial charge in [0.2, 0.25) is 15.9 Å². The first-order valence-corrected chi connectivity index (χ1v) is 9.61. The minimum absolute atomic E-state index is 0.0104. The lowest BCUT2D eigenvalue weighted by Gasteiger charge is -2.16. The monoisotopic (exact) mass is 337 g/mol. The van der Waals surface area contributed by atoms with E-state index in [1.165, 1.54) is 4.31 Å². The number of carbonyl (C=O) groups excluding carboxylic acids is 1. The highest BCUT2D eigenvalue weighted by atomic mass is 32.2. The number of nitrogens with one attached hydrogen (secondary N) is 2. The molecule has 23 heavy (non-hydrogen) atoms. The SMILES string of the molecule is O=C(NCc1ccc(S(=O)(=O)N2CCCC2)cc1)C1CCCN1. The van der Waals surface area contributed by atoms with Crippen molar-refractivity contribution in [3.05, 3.63) is 29.8 Å². The minimum atomic E-state index is -3.36. The molecule has 1 amide bonds. The van der Waals surface area contributed by atoms with Crippen LogP contribution < -0.4 is 10.6 Å². The second-order valence-corrected chi connectivity index (χ2v) is 8.06. The smallest absolute Gasteiger partial charge is 0.243 e. The van der Waals surface area contributed by atoms with E-state index in [0.29, 0.717) is 24.5 Å². The summed E-state index contributed by atoms with van der Waals surface area (Å²) in [6.45, 7) is 2.52. The molecule has 2 aliphatic heterocycles. The summed E-state index contributed by atoms with van der Waals surface area (Å²) in [7, 11) is -3.36. The van der Waals surface area contributed by atoms with Crippen molar-refractivity contribution in [2.75, 3.05) is 19.6 Å². The number of hydrogen-bond acceptors (Lipinski definition) is 4. The van der Waals surface area contributed by atoms with Crippen molar-refractivity contribution in [2.24, 2.45) is 0 Å². The van der Waals surface area contributed by atoms with Gasteiger partial charge in [0, 0.05) is 19.6 Å². The molecule has 1 aromatic rings. The largest absolute Gasteiger partial charge is 0.351 e. The third-order valence-electron chi connectivity index (χ3n) is 4.47. The molecule has 2 N–H and O–H groups in total. The molecule has 0 spiro atoms. The molecule has 3 rings (SSSR count). The lowest BCUT2D eigenvalue weighted by molar-refractivity contribution is -0.122. The van der Waals surface area contributed by atoms with Crippen LogP contribution in [0.2, 0.25) is 0 Å². The highest BCUT2D eigenvalue weighted by Crippen LogP contribution is 2.21. The Morgan fingerprint density at radius 3 is 2.48 bits per heavy atom. The molecule has 6 nitrogen and oxygen atoms in total. The van der Waals surface area contributed by atoms with Gasteiger partial charge in [-0.25, -0.2) is 8.42 Å². The number of sulfonamides is 1. The summed E-state index contributed by atoms with van der Waals surface area (Å²) in [6, 6.07) is 6.70. The fourth-order valence-corrected chi connectivity index (χ4v) is 4.59. The third kappa shape index (κ3) is 3.73. The molecule has 0 radical (unpaired) electrons. The Balaban J connectivity index is 1.59. The quantitative estimate of drug-likeness (QED) is 0.834. The van der Waals surface area contributed by atoms with Crippen molar-refractivity contribution < 1.29 is 13.2 Å². The van der Waals surface area contributed by atoms with Crippen molar-refractivity contribution in [1.29, 1.82) is 0 Å². The number of nitrogens with zero attached hydrogens (tertiary/aromatic N) is 1. The first-order chi connectivity index (χ1) is 11.1. The second-order valence-electron chi connectivity index (χ2n) is 6.12. The standard InChI is InChI=1S/C16H23N3O3S/c20-16(15-4-3-9-17-15)18-12-13-5-7-14(8-6-13)23(21,22)19-10-1-2-11-19/h5-8,15,17H,1-4,9-12H2,(H,18,20). The van der Waals surface area contributed by atoms with Gasteiger partial charge in [-0.2, -0.15) is 4.31 Å². The molecule has 2 aliphatic rings. The van der Waals surface area contributed by atoms with Gasteiger partial charge in [-0.1, -0.05) is 12.1 Å². The van der Waals surface area contributed by atoms with Crippen LogP contribution in [0.4, 0.5) is 0 Å². The van der Waals surface area contributed by atoms with E-state index >= 15 is 0 Å². The van der Waals surface area contributed by atoms with Gasteiger partial charge in [-0.05, 0) is 49.9 Å². The van der Waals surface area contributed by atoms with E-state index in [0.717, 1.165) is 37.8 Å². The average molecular weight is 337 g/mol. The van der Waals surface area contributed by atoms with Gasteiger partial charge in [-0.15, -0.1) is 0 Å². The summed E-state index contributed by atoms with van der Waals surface area (Å²) in [6.07, 6.45) is 3.76. The highest BCUT2D eigenvalue weighted by Gasteiger charge is 2.27. The number of benzene rings is 1. The maximum absolute atomic E-state index is 12.4. The fourth-order valence-electron chi connectivity index (χ4n) is 3.08. The maximum Gasteiger partial charge on any atom is 0.243 e. The van der Waals surface area contributed by atoms with E-state index in [-0.39, 0.29) is 11.9 Å². The molecule has 7 heteroatoms. The zero-order valence-corrected chi connectivity index (χ0v) is 13.9. The number of rotatable bonds is 5. The first-order valence-electron chi connectivity index (χ1n) is 8.17. The molecule has 1 atom stereocenters. The molecule has 2 saturated heterocycles. The lowest BCUT2D eigenvalue weighted by Crippen LogP contribution is -2.40. The highest BCUT2D eigenvalue weighted by molar-refractivity contribution is 7.89. The van der Waals surface area contributed by atoms with Gasteiger partial charge < -0.3 is 10.6 Å². The van der Waals surface area contributed by atoms with Crippen LogP contribution in [-0.2, 0) is 21.4 Å². The molecule has 2 heterocycles. The number of amides is 1. The van der Waals surface area contributed by atoms with Crippen molar-refractivity contribution in [3.8, 4) is 0 Å². The summed E-state index contributed by atoms with van der Waals surface area (Å²) >= 11 is 0. The number of hydrogen-bond donors (Lipinski definition) is 2. The van der Waals surface area contributed by atoms with Gasteiger partial charge in [0.1, 0.15) is 0 Å². The van der Waals surface area contributed by atoms with E-state index in [4.69, 9.17) is 0 Å². The van der Waals surface area contributed by atoms with Crippen molar-refractivity contribution in [2.45, 2.75) is 43.2 Å². The summed E-state index contributed by atoms with van der Waals surface area (Å²) in [5, 5.41) is 6.05. The minimum Gasteiger partial charge on any atom is -0.351 e. The zero-order chi connectivity index (χ0) is 16.3. The van der Waals surface area contributed by atoms with Crippen LogP contribution in [0.3, 0.4) is 0 Å². The van der Waals surface area contributed by atoms with E-state index in [9.17, 15) is 13.2 Å². The third-order valence-corrected chi connectivity index (χ3v) is 6.38. The van der Waals surface area contributed by atoms with Gasteiger partial charge >= 0.3 is 0 Å². The maximum atomic E-state index is 12.4. The second kappa shape index (κ2) is 6.98. The molecule has 1 aromatic carbocycles. The van der Waals surface area contributed by atoms with Crippen molar-refractivity contribution >= 4 is 15.9 Å². The summed E-state index contributed by atoms with van der Waals surface area (Å²) in [4.78, 5) is 12.3. The van der Waals surface area contributed by atoms with E-state index in [1.807, 2.05) is 0 Å². The van der Waals surface area contributed by atoms with Gasteiger partial charge in [-0.3, -0.25) is 4.79 Å². The van der Waals surface area contributed by atoms with Crippen LogP contribution >= 0.6 is 0 Å². The predicted molar refractivity (Wildman–Crippen MR) is 87.3 cm³/mol. The Morgan fingerprint density at radius 1 is 1.17 bits per heavy atom. The van der Waals surface area contributed by atoms with Crippen LogP contribution in [0.15, 0.2) is 29.2 Å². The molecule has 1 unspecified atom stereocenters. The topological polar surface area (TPSA) is 78.5 Å². The molecule has 126 valence electrons. The van der Waals surface area contributed by atoms with Gasteiger partial charge in [0.25, 0.3) is 0 Å². The normalized spacial score (nSPS) is 22.3. The van der Waals surface area contributed by atoms with Gasteiger partial charge in [0.15, 0.2) is 0 Å². The van der Waals surface area contributed by atoms with Crippen LogP contribution in [0, 0.1) is 0 Å². The Hall–Kier alpha value is -1.44. The van der Waals surface area contributed by atoms with Crippen LogP contribution in [0.5, 0.6) is 0 Å². The van der Waals surface area contributed by atoms with E-state index in [2.05, 4.69) is 10.6 Å². The van der Waals surface area contributed by atoms with E-state index in [1.54, 1.807) is 24.3 Å². The van der Waals surface area contributed by atoms with E-state index < -0.39 is 10.0 Å². The van der Waals surface area contributed by atoms with Crippen LogP contribution in [-0.4, -0.2) is 44.3 Å². The molecule has 0 saturated carbocycles.